The van der Waals surface area contributed by atoms with Gasteiger partial charge in [0.25, 0.3) is 0 Å². The van der Waals surface area contributed by atoms with Crippen molar-refractivity contribution >= 4 is 17.8 Å². The van der Waals surface area contributed by atoms with Gasteiger partial charge in [-0.1, -0.05) is 0 Å². The summed E-state index contributed by atoms with van der Waals surface area (Å²) in [6.45, 7) is 14.3. The van der Waals surface area contributed by atoms with E-state index in [4.69, 9.17) is 0 Å². The van der Waals surface area contributed by atoms with Crippen molar-refractivity contribution < 1.29 is 9.59 Å². The van der Waals surface area contributed by atoms with Gasteiger partial charge in [0.1, 0.15) is 6.54 Å². The van der Waals surface area contributed by atoms with E-state index in [9.17, 15) is 9.59 Å². The largest absolute Gasteiger partial charge is 0.357 e. The average molecular weight is 327 g/mol. The van der Waals surface area contributed by atoms with Crippen LogP contribution in [0.1, 0.15) is 48.0 Å². The van der Waals surface area contributed by atoms with E-state index in [2.05, 4.69) is 20.9 Å². The number of hydrogen-bond acceptors (Lipinski definition) is 3. The zero-order chi connectivity index (χ0) is 17.9. The molecule has 0 aromatic heterocycles. The highest BCUT2D eigenvalue weighted by molar-refractivity contribution is 5.85. The van der Waals surface area contributed by atoms with Gasteiger partial charge in [-0.3, -0.25) is 9.59 Å². The lowest BCUT2D eigenvalue weighted by atomic mass is 10.1. The number of hydrogen-bond donors (Lipinski definition) is 3. The molecule has 134 valence electrons. The van der Waals surface area contributed by atoms with Gasteiger partial charge >= 0.3 is 0 Å². The lowest BCUT2D eigenvalue weighted by molar-refractivity contribution is -0.130. The zero-order valence-electron chi connectivity index (χ0n) is 15.5. The molecule has 0 aromatic carbocycles. The third-order valence-electron chi connectivity index (χ3n) is 2.99. The highest BCUT2D eigenvalue weighted by Crippen LogP contribution is 1.97. The summed E-state index contributed by atoms with van der Waals surface area (Å²) in [6.07, 6.45) is 0.403. The molecule has 0 aliphatic rings. The van der Waals surface area contributed by atoms with Crippen molar-refractivity contribution in [1.29, 1.82) is 0 Å². The minimum absolute atomic E-state index is 0.0522. The maximum atomic E-state index is 11.9. The van der Waals surface area contributed by atoms with E-state index < -0.39 is 0 Å². The topological polar surface area (TPSA) is 85.8 Å². The monoisotopic (exact) mass is 327 g/mol. The van der Waals surface area contributed by atoms with Crippen molar-refractivity contribution in [2.45, 2.75) is 53.5 Å². The van der Waals surface area contributed by atoms with Crippen LogP contribution < -0.4 is 16.0 Å². The molecule has 0 saturated carbocycles. The van der Waals surface area contributed by atoms with Crippen LogP contribution >= 0.6 is 0 Å². The van der Waals surface area contributed by atoms with Crippen LogP contribution in [0.5, 0.6) is 0 Å². The smallest absolute Gasteiger partial charge is 0.242 e. The average Bonchev–Trinajstić information content (AvgIpc) is 2.44. The second kappa shape index (κ2) is 10.9. The van der Waals surface area contributed by atoms with Crippen LogP contribution in [0.2, 0.25) is 0 Å². The summed E-state index contributed by atoms with van der Waals surface area (Å²) >= 11 is 0. The fourth-order valence-corrected chi connectivity index (χ4v) is 1.97. The zero-order valence-corrected chi connectivity index (χ0v) is 15.5. The highest BCUT2D eigenvalue weighted by atomic mass is 16.2. The molecule has 0 aliphatic carbocycles. The molecule has 0 aliphatic heterocycles. The Bertz CT molecular complexity index is 398. The quantitative estimate of drug-likeness (QED) is 0.453. The van der Waals surface area contributed by atoms with E-state index in [0.29, 0.717) is 25.5 Å². The summed E-state index contributed by atoms with van der Waals surface area (Å²) in [7, 11) is 0. The molecule has 0 heterocycles. The van der Waals surface area contributed by atoms with Crippen LogP contribution in [0.4, 0.5) is 0 Å². The lowest BCUT2D eigenvalue weighted by Gasteiger charge is -2.20. The SMILES string of the molecule is CCNC(=NCC(=O)NC(C)(C)C)NCCC(=O)N(CC)CC. The Hall–Kier alpha value is -1.79. The Kier molecular flexibility index (Phi) is 10.0. The Morgan fingerprint density at radius 2 is 1.65 bits per heavy atom. The third-order valence-corrected chi connectivity index (χ3v) is 2.99. The molecule has 0 unspecified atom stereocenters. The normalized spacial score (nSPS) is 11.8. The Balaban J connectivity index is 4.38. The predicted octanol–water partition coefficient (Wildman–Crippen LogP) is 0.715. The minimum Gasteiger partial charge on any atom is -0.357 e. The van der Waals surface area contributed by atoms with Crippen molar-refractivity contribution in [2.75, 3.05) is 32.7 Å². The molecule has 3 N–H and O–H groups in total. The number of nitrogens with one attached hydrogen (secondary N) is 3. The number of rotatable bonds is 8. The van der Waals surface area contributed by atoms with Crippen LogP contribution in [0.15, 0.2) is 4.99 Å². The van der Waals surface area contributed by atoms with Crippen molar-refractivity contribution in [3.8, 4) is 0 Å². The molecule has 0 aromatic rings. The van der Waals surface area contributed by atoms with E-state index in [1.54, 1.807) is 4.90 Å². The fraction of sp³-hybridized carbons (Fsp3) is 0.812. The molecular weight excluding hydrogens is 294 g/mol. The van der Waals surface area contributed by atoms with Crippen LogP contribution in [0.25, 0.3) is 0 Å². The van der Waals surface area contributed by atoms with Crippen molar-refractivity contribution in [3.05, 3.63) is 0 Å². The Morgan fingerprint density at radius 1 is 1.04 bits per heavy atom. The standard InChI is InChI=1S/C16H33N5O2/c1-7-17-15(19-12-13(22)20-16(4,5)6)18-11-10-14(23)21(8-2)9-3/h7-12H2,1-6H3,(H,20,22)(H2,17,18,19). The van der Waals surface area contributed by atoms with Crippen molar-refractivity contribution in [3.63, 3.8) is 0 Å². The lowest BCUT2D eigenvalue weighted by Crippen LogP contribution is -2.43. The maximum absolute atomic E-state index is 11.9. The van der Waals surface area contributed by atoms with Crippen LogP contribution in [0, 0.1) is 0 Å². The molecule has 0 fully saturated rings. The van der Waals surface area contributed by atoms with Gasteiger partial charge in [0.15, 0.2) is 5.96 Å². The van der Waals surface area contributed by atoms with Crippen LogP contribution in [-0.2, 0) is 9.59 Å². The Labute approximate surface area is 140 Å². The van der Waals surface area contributed by atoms with E-state index >= 15 is 0 Å². The summed E-state index contributed by atoms with van der Waals surface area (Å²) in [5, 5.41) is 9.01. The first-order valence-corrected chi connectivity index (χ1v) is 8.34. The number of carbonyl (C=O) groups is 2. The van der Waals surface area contributed by atoms with Crippen LogP contribution in [0.3, 0.4) is 0 Å². The predicted molar refractivity (Wildman–Crippen MR) is 94.4 cm³/mol. The number of guanidine groups is 1. The Morgan fingerprint density at radius 3 is 2.13 bits per heavy atom. The maximum Gasteiger partial charge on any atom is 0.242 e. The molecule has 0 radical (unpaired) electrons. The molecule has 0 rings (SSSR count). The summed E-state index contributed by atoms with van der Waals surface area (Å²) in [5.41, 5.74) is -0.269. The molecule has 0 saturated heterocycles. The van der Waals surface area contributed by atoms with Gasteiger partial charge < -0.3 is 20.9 Å². The molecule has 2 amide bonds. The minimum atomic E-state index is -0.269. The highest BCUT2D eigenvalue weighted by Gasteiger charge is 2.13. The first kappa shape index (κ1) is 21.2. The van der Waals surface area contributed by atoms with Crippen LogP contribution in [-0.4, -0.2) is 60.9 Å². The summed E-state index contributed by atoms with van der Waals surface area (Å²) in [4.78, 5) is 29.7. The molecule has 0 bridgehead atoms. The van der Waals surface area contributed by atoms with Crippen molar-refractivity contribution in [2.24, 2.45) is 4.99 Å². The molecule has 0 spiro atoms. The second-order valence-corrected chi connectivity index (χ2v) is 6.24. The van der Waals surface area contributed by atoms with E-state index in [1.165, 1.54) is 0 Å². The molecule has 7 heteroatoms. The first-order chi connectivity index (χ1) is 10.7. The number of amides is 2. The van der Waals surface area contributed by atoms with Gasteiger partial charge in [-0.05, 0) is 41.5 Å². The summed E-state index contributed by atoms with van der Waals surface area (Å²) in [5.74, 6) is 0.529. The number of aliphatic imine (C=N–C) groups is 1. The second-order valence-electron chi connectivity index (χ2n) is 6.24. The molecular formula is C16H33N5O2. The van der Waals surface area contributed by atoms with Gasteiger partial charge in [0.2, 0.25) is 11.8 Å². The third kappa shape index (κ3) is 10.5. The van der Waals surface area contributed by atoms with Crippen molar-refractivity contribution in [1.82, 2.24) is 20.9 Å². The summed E-state index contributed by atoms with van der Waals surface area (Å²) < 4.78 is 0. The molecule has 0 atom stereocenters. The van der Waals surface area contributed by atoms with Gasteiger partial charge in [0, 0.05) is 38.1 Å². The van der Waals surface area contributed by atoms with E-state index in [-0.39, 0.29) is 23.9 Å². The van der Waals surface area contributed by atoms with E-state index in [1.807, 2.05) is 41.5 Å². The fourth-order valence-electron chi connectivity index (χ4n) is 1.97. The molecule has 7 nitrogen and oxygen atoms in total. The number of nitrogens with zero attached hydrogens (tertiary/aromatic N) is 2. The van der Waals surface area contributed by atoms with Gasteiger partial charge in [-0.15, -0.1) is 0 Å². The number of carbonyl (C=O) groups excluding carboxylic acids is 2. The molecule has 23 heavy (non-hydrogen) atoms. The summed E-state index contributed by atoms with van der Waals surface area (Å²) in [6, 6.07) is 0. The van der Waals surface area contributed by atoms with Gasteiger partial charge in [-0.25, -0.2) is 4.99 Å². The van der Waals surface area contributed by atoms with Gasteiger partial charge in [-0.2, -0.15) is 0 Å². The van der Waals surface area contributed by atoms with Gasteiger partial charge in [0.05, 0.1) is 0 Å². The van der Waals surface area contributed by atoms with E-state index in [0.717, 1.165) is 13.1 Å². The first-order valence-electron chi connectivity index (χ1n) is 8.34.